The molecule has 0 aliphatic carbocycles. The van der Waals surface area contributed by atoms with Gasteiger partial charge in [-0.15, -0.1) is 24.0 Å². The van der Waals surface area contributed by atoms with Gasteiger partial charge in [0.25, 0.3) is 0 Å². The number of aliphatic imine (C=N–C) groups is 1. The van der Waals surface area contributed by atoms with Crippen LogP contribution in [0, 0.1) is 0 Å². The molecule has 0 radical (unpaired) electrons. The number of nitrogens with zero attached hydrogens (tertiary/aromatic N) is 3. The van der Waals surface area contributed by atoms with Crippen molar-refractivity contribution >= 4 is 41.4 Å². The normalized spacial score (nSPS) is 16.2. The lowest BCUT2D eigenvalue weighted by molar-refractivity contribution is 0.0529. The van der Waals surface area contributed by atoms with Gasteiger partial charge in [-0.05, 0) is 44.5 Å². The quantitative estimate of drug-likeness (QED) is 0.291. The van der Waals surface area contributed by atoms with Crippen LogP contribution in [0.25, 0.3) is 0 Å². The Kier molecular flexibility index (Phi) is 10.8. The van der Waals surface area contributed by atoms with Crippen molar-refractivity contribution in [3.8, 4) is 11.5 Å². The average molecular weight is 555 g/mol. The molecule has 0 bridgehead atoms. The number of hydrogen-bond donors (Lipinski definition) is 2. The monoisotopic (exact) mass is 555 g/mol. The first kappa shape index (κ1) is 26.0. The number of pyridine rings is 1. The van der Waals surface area contributed by atoms with E-state index < -0.39 is 0 Å². The highest BCUT2D eigenvalue weighted by molar-refractivity contribution is 14.0. The van der Waals surface area contributed by atoms with Crippen molar-refractivity contribution in [2.45, 2.75) is 33.4 Å². The van der Waals surface area contributed by atoms with Crippen molar-refractivity contribution < 1.29 is 14.2 Å². The highest BCUT2D eigenvalue weighted by Crippen LogP contribution is 2.30. The number of hydrogen-bond acceptors (Lipinski definition) is 6. The number of halogens is 1. The van der Waals surface area contributed by atoms with Gasteiger partial charge in [-0.3, -0.25) is 0 Å². The van der Waals surface area contributed by atoms with Gasteiger partial charge in [-0.1, -0.05) is 6.07 Å². The SMILES string of the molecule is CCNC(=NCc1ccc(N2CCOC(C)C2)nc1)Nc1ccc(OC)c(OCC)c1.I. The Labute approximate surface area is 207 Å². The Morgan fingerprint density at radius 3 is 2.75 bits per heavy atom. The van der Waals surface area contributed by atoms with Gasteiger partial charge in [-0.2, -0.15) is 0 Å². The second-order valence-corrected chi connectivity index (χ2v) is 7.27. The van der Waals surface area contributed by atoms with E-state index in [-0.39, 0.29) is 30.1 Å². The Bertz CT molecular complexity index is 863. The highest BCUT2D eigenvalue weighted by Gasteiger charge is 2.17. The molecule has 1 fully saturated rings. The van der Waals surface area contributed by atoms with Crippen LogP contribution in [-0.4, -0.2) is 57.0 Å². The van der Waals surface area contributed by atoms with Crippen LogP contribution < -0.4 is 25.0 Å². The Morgan fingerprint density at radius 2 is 2.09 bits per heavy atom. The zero-order chi connectivity index (χ0) is 22.1. The van der Waals surface area contributed by atoms with Gasteiger partial charge >= 0.3 is 0 Å². The van der Waals surface area contributed by atoms with Crippen LogP contribution in [0.4, 0.5) is 11.5 Å². The van der Waals surface area contributed by atoms with Gasteiger partial charge < -0.3 is 29.7 Å². The molecular weight excluding hydrogens is 521 g/mol. The number of anilines is 2. The molecule has 2 heterocycles. The minimum absolute atomic E-state index is 0. The third-order valence-corrected chi connectivity index (χ3v) is 4.86. The zero-order valence-electron chi connectivity index (χ0n) is 19.3. The molecule has 1 aromatic carbocycles. The Hall–Kier alpha value is -2.27. The molecule has 3 rings (SSSR count). The highest BCUT2D eigenvalue weighted by atomic mass is 127. The molecule has 2 N–H and O–H groups in total. The average Bonchev–Trinajstić information content (AvgIpc) is 2.78. The van der Waals surface area contributed by atoms with E-state index in [4.69, 9.17) is 19.2 Å². The standard InChI is InChI=1S/C23H33N5O3.HI/c1-5-24-23(27-19-8-9-20(29-4)21(13-19)30-6-2)26-15-18-7-10-22(25-14-18)28-11-12-31-17(3)16-28;/h7-10,13-14,17H,5-6,11-12,15-16H2,1-4H3,(H2,24,26,27);1H. The zero-order valence-corrected chi connectivity index (χ0v) is 21.6. The number of guanidine groups is 1. The molecule has 9 heteroatoms. The second kappa shape index (κ2) is 13.3. The topological polar surface area (TPSA) is 80.2 Å². The summed E-state index contributed by atoms with van der Waals surface area (Å²) in [5.74, 6) is 3.08. The number of methoxy groups -OCH3 is 1. The van der Waals surface area contributed by atoms with Crippen molar-refractivity contribution in [3.05, 3.63) is 42.1 Å². The van der Waals surface area contributed by atoms with Crippen molar-refractivity contribution in [2.24, 2.45) is 4.99 Å². The Morgan fingerprint density at radius 1 is 1.25 bits per heavy atom. The fraction of sp³-hybridized carbons (Fsp3) is 0.478. The smallest absolute Gasteiger partial charge is 0.196 e. The summed E-state index contributed by atoms with van der Waals surface area (Å²) in [5, 5.41) is 6.60. The summed E-state index contributed by atoms with van der Waals surface area (Å²) in [6.45, 7) is 10.4. The summed E-state index contributed by atoms with van der Waals surface area (Å²) in [5.41, 5.74) is 1.92. The van der Waals surface area contributed by atoms with Gasteiger partial charge in [0.05, 0.1) is 33.0 Å². The number of ether oxygens (including phenoxy) is 3. The third kappa shape index (κ3) is 7.40. The summed E-state index contributed by atoms with van der Waals surface area (Å²) in [4.78, 5) is 11.6. The van der Waals surface area contributed by atoms with E-state index >= 15 is 0 Å². The molecule has 1 aliphatic heterocycles. The second-order valence-electron chi connectivity index (χ2n) is 7.27. The van der Waals surface area contributed by atoms with Crippen molar-refractivity contribution in [3.63, 3.8) is 0 Å². The largest absolute Gasteiger partial charge is 0.493 e. The fourth-order valence-electron chi connectivity index (χ4n) is 3.36. The number of benzene rings is 1. The van der Waals surface area contributed by atoms with E-state index in [1.54, 1.807) is 7.11 Å². The van der Waals surface area contributed by atoms with Gasteiger partial charge in [0.1, 0.15) is 5.82 Å². The first-order valence-corrected chi connectivity index (χ1v) is 10.8. The minimum Gasteiger partial charge on any atom is -0.493 e. The Balaban J connectivity index is 0.00000363. The van der Waals surface area contributed by atoms with Crippen molar-refractivity contribution in [2.75, 3.05) is 50.2 Å². The molecule has 32 heavy (non-hydrogen) atoms. The van der Waals surface area contributed by atoms with E-state index in [0.717, 1.165) is 43.3 Å². The predicted molar refractivity (Wildman–Crippen MR) is 140 cm³/mol. The molecular formula is C23H34IN5O3. The van der Waals surface area contributed by atoms with E-state index in [1.165, 1.54) is 0 Å². The van der Waals surface area contributed by atoms with Crippen molar-refractivity contribution in [1.29, 1.82) is 0 Å². The van der Waals surface area contributed by atoms with E-state index in [2.05, 4.69) is 39.6 Å². The van der Waals surface area contributed by atoms with Gasteiger partial charge in [-0.25, -0.2) is 9.98 Å². The van der Waals surface area contributed by atoms with Crippen LogP contribution in [0.2, 0.25) is 0 Å². The lowest BCUT2D eigenvalue weighted by Crippen LogP contribution is -2.41. The maximum absolute atomic E-state index is 5.66. The third-order valence-electron chi connectivity index (χ3n) is 4.86. The molecule has 8 nitrogen and oxygen atoms in total. The molecule has 1 saturated heterocycles. The molecule has 1 atom stereocenters. The van der Waals surface area contributed by atoms with Crippen LogP contribution >= 0.6 is 24.0 Å². The lowest BCUT2D eigenvalue weighted by atomic mass is 10.2. The van der Waals surface area contributed by atoms with Crippen LogP contribution in [-0.2, 0) is 11.3 Å². The van der Waals surface area contributed by atoms with Crippen molar-refractivity contribution in [1.82, 2.24) is 10.3 Å². The number of morpholine rings is 1. The summed E-state index contributed by atoms with van der Waals surface area (Å²) in [6.07, 6.45) is 2.12. The van der Waals surface area contributed by atoms with E-state index in [1.807, 2.05) is 38.2 Å². The van der Waals surface area contributed by atoms with Gasteiger partial charge in [0.15, 0.2) is 17.5 Å². The van der Waals surface area contributed by atoms with Crippen LogP contribution in [0.1, 0.15) is 26.3 Å². The molecule has 1 unspecified atom stereocenters. The molecule has 1 aliphatic rings. The van der Waals surface area contributed by atoms with Crippen LogP contribution in [0.5, 0.6) is 11.5 Å². The molecule has 0 spiro atoms. The maximum Gasteiger partial charge on any atom is 0.196 e. The molecule has 176 valence electrons. The summed E-state index contributed by atoms with van der Waals surface area (Å²) in [6, 6.07) is 9.87. The summed E-state index contributed by atoms with van der Waals surface area (Å²) in [7, 11) is 1.63. The number of aromatic nitrogens is 1. The lowest BCUT2D eigenvalue weighted by Gasteiger charge is -2.32. The van der Waals surface area contributed by atoms with Crippen LogP contribution in [0.15, 0.2) is 41.5 Å². The molecule has 0 amide bonds. The first-order chi connectivity index (χ1) is 15.1. The summed E-state index contributed by atoms with van der Waals surface area (Å²) >= 11 is 0. The molecule has 0 saturated carbocycles. The van der Waals surface area contributed by atoms with Gasteiger partial charge in [0.2, 0.25) is 0 Å². The minimum atomic E-state index is 0. The summed E-state index contributed by atoms with van der Waals surface area (Å²) < 4.78 is 16.6. The fourth-order valence-corrected chi connectivity index (χ4v) is 3.36. The van der Waals surface area contributed by atoms with Gasteiger partial charge in [0, 0.05) is 37.6 Å². The maximum atomic E-state index is 5.66. The number of rotatable bonds is 8. The molecule has 2 aromatic rings. The van der Waals surface area contributed by atoms with E-state index in [9.17, 15) is 0 Å². The number of nitrogens with one attached hydrogen (secondary N) is 2. The van der Waals surface area contributed by atoms with Crippen LogP contribution in [0.3, 0.4) is 0 Å². The molecule has 1 aromatic heterocycles. The first-order valence-electron chi connectivity index (χ1n) is 10.8. The van der Waals surface area contributed by atoms with E-state index in [0.29, 0.717) is 30.6 Å². The predicted octanol–water partition coefficient (Wildman–Crippen LogP) is 3.91.